The Kier molecular flexibility index (Phi) is 10.1. The van der Waals surface area contributed by atoms with Crippen LogP contribution in [0.25, 0.3) is 0 Å². The van der Waals surface area contributed by atoms with Crippen LogP contribution in [-0.2, 0) is 26.2 Å². The van der Waals surface area contributed by atoms with Gasteiger partial charge in [0.15, 0.2) is 0 Å². The highest BCUT2D eigenvalue weighted by molar-refractivity contribution is 7.92. The predicted octanol–water partition coefficient (Wildman–Crippen LogP) is 6.31. The van der Waals surface area contributed by atoms with E-state index in [0.29, 0.717) is 11.5 Å². The smallest absolute Gasteiger partial charge is 0.264 e. The quantitative estimate of drug-likeness (QED) is 0.214. The molecule has 1 unspecified atom stereocenters. The molecule has 0 aliphatic carbocycles. The zero-order valence-corrected chi connectivity index (χ0v) is 26.5. The molecule has 4 aromatic rings. The molecule has 0 fully saturated rings. The van der Waals surface area contributed by atoms with Gasteiger partial charge < -0.3 is 15.0 Å². The van der Waals surface area contributed by atoms with Crippen molar-refractivity contribution in [1.82, 2.24) is 10.2 Å². The van der Waals surface area contributed by atoms with E-state index < -0.39 is 34.1 Å². The molecule has 8 nitrogen and oxygen atoms in total. The molecule has 0 radical (unpaired) electrons. The Labute approximate surface area is 260 Å². The third kappa shape index (κ3) is 8.48. The van der Waals surface area contributed by atoms with Crippen LogP contribution in [0.3, 0.4) is 0 Å². The van der Waals surface area contributed by atoms with Gasteiger partial charge in [-0.05, 0) is 88.7 Å². The average Bonchev–Trinajstić information content (AvgIpc) is 2.99. The fourth-order valence-electron chi connectivity index (χ4n) is 4.51. The average molecular weight is 614 g/mol. The lowest BCUT2D eigenvalue weighted by Crippen LogP contribution is -2.54. The number of sulfonamides is 1. The molecule has 2 amide bonds. The number of carbonyl (C=O) groups is 2. The largest absolute Gasteiger partial charge is 0.457 e. The van der Waals surface area contributed by atoms with Crippen molar-refractivity contribution in [1.29, 1.82) is 0 Å². The lowest BCUT2D eigenvalue weighted by molar-refractivity contribution is -0.140. The van der Waals surface area contributed by atoms with Crippen molar-refractivity contribution in [2.45, 2.75) is 57.6 Å². The first kappa shape index (κ1) is 32.3. The van der Waals surface area contributed by atoms with Gasteiger partial charge in [0.1, 0.15) is 24.1 Å². The van der Waals surface area contributed by atoms with E-state index in [9.17, 15) is 18.0 Å². The van der Waals surface area contributed by atoms with E-state index in [4.69, 9.17) is 4.74 Å². The van der Waals surface area contributed by atoms with Crippen molar-refractivity contribution < 1.29 is 22.7 Å². The van der Waals surface area contributed by atoms with E-state index >= 15 is 0 Å². The standard InChI is InChI=1S/C35H39N3O5S/c1-26-16-22-32(23-17-26)44(41,42)38(29-18-20-31(21-19-29)43-30-14-10-7-11-15-30)25-33(39)37(24-28-12-8-6-9-13-28)27(2)34(40)36-35(3,4)5/h6-23,27H,24-25H2,1-5H3,(H,36,40). The van der Waals surface area contributed by atoms with Crippen LogP contribution < -0.4 is 14.4 Å². The third-order valence-electron chi connectivity index (χ3n) is 6.85. The van der Waals surface area contributed by atoms with Crippen molar-refractivity contribution in [3.63, 3.8) is 0 Å². The number of hydrogen-bond donors (Lipinski definition) is 1. The highest BCUT2D eigenvalue weighted by Crippen LogP contribution is 2.29. The van der Waals surface area contributed by atoms with E-state index in [1.165, 1.54) is 17.0 Å². The summed E-state index contributed by atoms with van der Waals surface area (Å²) in [5, 5.41) is 2.93. The number of aryl methyl sites for hydroxylation is 1. The molecule has 1 atom stereocenters. The van der Waals surface area contributed by atoms with E-state index in [1.54, 1.807) is 43.3 Å². The van der Waals surface area contributed by atoms with Gasteiger partial charge in [-0.15, -0.1) is 0 Å². The molecule has 0 bridgehead atoms. The number of anilines is 1. The fourth-order valence-corrected chi connectivity index (χ4v) is 5.92. The van der Waals surface area contributed by atoms with E-state index in [0.717, 1.165) is 15.4 Å². The summed E-state index contributed by atoms with van der Waals surface area (Å²) in [6.07, 6.45) is 0. The number of amides is 2. The maximum Gasteiger partial charge on any atom is 0.264 e. The predicted molar refractivity (Wildman–Crippen MR) is 173 cm³/mol. The molecule has 0 spiro atoms. The van der Waals surface area contributed by atoms with E-state index in [1.807, 2.05) is 88.4 Å². The van der Waals surface area contributed by atoms with Gasteiger partial charge in [-0.1, -0.05) is 66.2 Å². The minimum atomic E-state index is -4.17. The van der Waals surface area contributed by atoms with Gasteiger partial charge in [-0.25, -0.2) is 8.42 Å². The van der Waals surface area contributed by atoms with Crippen molar-refractivity contribution in [2.75, 3.05) is 10.8 Å². The number of benzene rings is 4. The number of ether oxygens (including phenoxy) is 1. The minimum Gasteiger partial charge on any atom is -0.457 e. The van der Waals surface area contributed by atoms with Crippen LogP contribution >= 0.6 is 0 Å². The number of para-hydroxylation sites is 1. The lowest BCUT2D eigenvalue weighted by atomic mass is 10.1. The molecule has 0 heterocycles. The highest BCUT2D eigenvalue weighted by atomic mass is 32.2. The van der Waals surface area contributed by atoms with Gasteiger partial charge in [0.25, 0.3) is 10.0 Å². The zero-order valence-electron chi connectivity index (χ0n) is 25.7. The van der Waals surface area contributed by atoms with Crippen molar-refractivity contribution >= 4 is 27.5 Å². The van der Waals surface area contributed by atoms with Crippen molar-refractivity contribution in [2.24, 2.45) is 0 Å². The summed E-state index contributed by atoms with van der Waals surface area (Å²) in [6.45, 7) is 8.72. The van der Waals surface area contributed by atoms with E-state index in [2.05, 4.69) is 5.32 Å². The summed E-state index contributed by atoms with van der Waals surface area (Å²) in [4.78, 5) is 28.8. The molecule has 9 heteroatoms. The van der Waals surface area contributed by atoms with Crippen LogP contribution in [0.2, 0.25) is 0 Å². The Morgan fingerprint density at radius 1 is 0.795 bits per heavy atom. The fraction of sp³-hybridized carbons (Fsp3) is 0.257. The van der Waals surface area contributed by atoms with Crippen LogP contribution in [0.4, 0.5) is 5.69 Å². The summed E-state index contributed by atoms with van der Waals surface area (Å²) >= 11 is 0. The number of nitrogens with one attached hydrogen (secondary N) is 1. The van der Waals surface area contributed by atoms with Gasteiger partial charge in [-0.2, -0.15) is 0 Å². The van der Waals surface area contributed by atoms with Gasteiger partial charge in [-0.3, -0.25) is 13.9 Å². The normalized spacial score (nSPS) is 12.2. The molecule has 1 N–H and O–H groups in total. The SMILES string of the molecule is Cc1ccc(S(=O)(=O)N(CC(=O)N(Cc2ccccc2)C(C)C(=O)NC(C)(C)C)c2ccc(Oc3ccccc3)cc2)cc1. The number of rotatable bonds is 11. The van der Waals surface area contributed by atoms with Crippen LogP contribution in [0, 0.1) is 6.92 Å². The van der Waals surface area contributed by atoms with Gasteiger partial charge in [0.2, 0.25) is 11.8 Å². The number of carbonyl (C=O) groups excluding carboxylic acids is 2. The second-order valence-electron chi connectivity index (χ2n) is 11.7. The lowest BCUT2D eigenvalue weighted by Gasteiger charge is -2.33. The molecule has 0 aliphatic rings. The van der Waals surface area contributed by atoms with E-state index in [-0.39, 0.29) is 23.0 Å². The van der Waals surface area contributed by atoms with Crippen LogP contribution in [0.15, 0.2) is 114 Å². The maximum absolute atomic E-state index is 14.1. The monoisotopic (exact) mass is 613 g/mol. The second kappa shape index (κ2) is 13.8. The molecule has 0 saturated heterocycles. The maximum atomic E-state index is 14.1. The molecule has 0 aliphatic heterocycles. The van der Waals surface area contributed by atoms with Crippen molar-refractivity contribution in [3.05, 3.63) is 120 Å². The summed E-state index contributed by atoms with van der Waals surface area (Å²) < 4.78 is 35.1. The highest BCUT2D eigenvalue weighted by Gasteiger charge is 2.33. The van der Waals surface area contributed by atoms with Crippen molar-refractivity contribution in [3.8, 4) is 11.5 Å². The summed E-state index contributed by atoms with van der Waals surface area (Å²) in [7, 11) is -4.17. The van der Waals surface area contributed by atoms with Crippen LogP contribution in [0.5, 0.6) is 11.5 Å². The molecule has 4 aromatic carbocycles. The second-order valence-corrected chi connectivity index (χ2v) is 13.5. The molecule has 4 rings (SSSR count). The number of hydrogen-bond acceptors (Lipinski definition) is 5. The summed E-state index contributed by atoms with van der Waals surface area (Å²) in [5.74, 6) is 0.290. The molecule has 44 heavy (non-hydrogen) atoms. The van der Waals surface area contributed by atoms with Crippen LogP contribution in [-0.4, -0.2) is 43.3 Å². The first-order valence-corrected chi connectivity index (χ1v) is 15.9. The Morgan fingerprint density at radius 3 is 1.91 bits per heavy atom. The molecular weight excluding hydrogens is 574 g/mol. The topological polar surface area (TPSA) is 96.0 Å². The minimum absolute atomic E-state index is 0.0497. The Bertz CT molecular complexity index is 1650. The molecular formula is C35H39N3O5S. The Balaban J connectivity index is 1.70. The van der Waals surface area contributed by atoms with Gasteiger partial charge >= 0.3 is 0 Å². The number of nitrogens with zero attached hydrogens (tertiary/aromatic N) is 2. The zero-order chi connectivity index (χ0) is 31.9. The summed E-state index contributed by atoms with van der Waals surface area (Å²) in [6, 6.07) is 30.7. The first-order chi connectivity index (χ1) is 20.8. The molecule has 230 valence electrons. The first-order valence-electron chi connectivity index (χ1n) is 14.4. The third-order valence-corrected chi connectivity index (χ3v) is 8.64. The molecule has 0 saturated carbocycles. The summed E-state index contributed by atoms with van der Waals surface area (Å²) in [5.41, 5.74) is 1.48. The van der Waals surface area contributed by atoms with Crippen LogP contribution in [0.1, 0.15) is 38.8 Å². The Morgan fingerprint density at radius 2 is 1.34 bits per heavy atom. The van der Waals surface area contributed by atoms with Gasteiger partial charge in [0.05, 0.1) is 10.6 Å². The Hall–Kier alpha value is -4.63. The molecule has 0 aromatic heterocycles. The van der Waals surface area contributed by atoms with Gasteiger partial charge in [0, 0.05) is 12.1 Å².